The fourth-order valence-electron chi connectivity index (χ4n) is 3.92. The van der Waals surface area contributed by atoms with Crippen LogP contribution in [-0.2, 0) is 17.8 Å². The lowest BCUT2D eigenvalue weighted by Gasteiger charge is -2.34. The topological polar surface area (TPSA) is 70.8 Å². The summed E-state index contributed by atoms with van der Waals surface area (Å²) in [6, 6.07) is 9.86. The maximum absolute atomic E-state index is 12.8. The average Bonchev–Trinajstić information content (AvgIpc) is 3.44. The molecule has 0 N–H and O–H groups in total. The summed E-state index contributed by atoms with van der Waals surface area (Å²) in [5, 5.41) is 4.80. The van der Waals surface area contributed by atoms with Crippen LogP contribution in [0.4, 0.5) is 0 Å². The highest BCUT2D eigenvalue weighted by Crippen LogP contribution is 2.25. The fourth-order valence-corrected chi connectivity index (χ4v) is 5.47. The molecule has 0 atom stereocenters. The first kappa shape index (κ1) is 21.0. The van der Waals surface area contributed by atoms with Crippen molar-refractivity contribution >= 4 is 33.5 Å². The van der Waals surface area contributed by atoms with E-state index in [0.717, 1.165) is 40.0 Å². The molecule has 164 valence electrons. The third-order valence-corrected chi connectivity index (χ3v) is 7.31. The van der Waals surface area contributed by atoms with E-state index in [1.807, 2.05) is 21.7 Å². The molecule has 0 spiro atoms. The van der Waals surface area contributed by atoms with Crippen LogP contribution in [-0.4, -0.2) is 56.3 Å². The van der Waals surface area contributed by atoms with Crippen molar-refractivity contribution in [3.63, 3.8) is 0 Å². The number of amides is 1. The molecule has 32 heavy (non-hydrogen) atoms. The van der Waals surface area contributed by atoms with Crippen LogP contribution in [0.1, 0.15) is 17.0 Å². The Balaban J connectivity index is 1.16. The van der Waals surface area contributed by atoms with Gasteiger partial charge in [0.05, 0.1) is 17.8 Å². The van der Waals surface area contributed by atoms with Gasteiger partial charge >= 0.3 is 0 Å². The summed E-state index contributed by atoms with van der Waals surface area (Å²) in [4.78, 5) is 39.1. The molecule has 0 saturated carbocycles. The van der Waals surface area contributed by atoms with E-state index in [1.165, 1.54) is 16.9 Å². The van der Waals surface area contributed by atoms with Crippen molar-refractivity contribution in [1.82, 2.24) is 24.2 Å². The summed E-state index contributed by atoms with van der Waals surface area (Å²) < 4.78 is 1.56. The molecule has 1 amide bonds. The van der Waals surface area contributed by atoms with Crippen LogP contribution in [0.5, 0.6) is 0 Å². The Morgan fingerprint density at radius 1 is 1.06 bits per heavy atom. The minimum atomic E-state index is -0.0478. The van der Waals surface area contributed by atoms with Gasteiger partial charge in [0.25, 0.3) is 5.56 Å². The van der Waals surface area contributed by atoms with Gasteiger partial charge in [0, 0.05) is 61.3 Å². The first-order valence-electron chi connectivity index (χ1n) is 10.5. The Kier molecular flexibility index (Phi) is 5.86. The normalized spacial score (nSPS) is 14.8. The number of piperazine rings is 1. The van der Waals surface area contributed by atoms with Crippen LogP contribution < -0.4 is 5.56 Å². The molecule has 1 saturated heterocycles. The van der Waals surface area contributed by atoms with Gasteiger partial charge in [-0.05, 0) is 13.0 Å². The van der Waals surface area contributed by atoms with Crippen molar-refractivity contribution in [2.24, 2.45) is 0 Å². The number of carbonyl (C=O) groups excluding carboxylic acids is 1. The summed E-state index contributed by atoms with van der Waals surface area (Å²) in [5.41, 5.74) is 3.85. The Bertz CT molecular complexity index is 1320. The maximum Gasteiger partial charge on any atom is 0.258 e. The Morgan fingerprint density at radius 3 is 2.72 bits per heavy atom. The second-order valence-corrected chi connectivity index (χ2v) is 9.72. The molecule has 0 unspecified atom stereocenters. The standard InChI is InChI=1S/C23H23N5O2S2/c1-16-3-2-4-17(11-16)22-24-19(15-32-22)13-20(29)27-7-5-26(6-8-27)14-18-12-21(30)28-9-10-31-23(28)25-18/h2-4,9-12,15H,5-8,13-14H2,1H3. The zero-order valence-corrected chi connectivity index (χ0v) is 19.4. The molecule has 5 rings (SSSR count). The minimum Gasteiger partial charge on any atom is -0.340 e. The highest BCUT2D eigenvalue weighted by molar-refractivity contribution is 7.15. The number of aromatic nitrogens is 3. The van der Waals surface area contributed by atoms with Crippen molar-refractivity contribution in [3.8, 4) is 10.6 Å². The van der Waals surface area contributed by atoms with Gasteiger partial charge in [0.15, 0.2) is 4.96 Å². The van der Waals surface area contributed by atoms with Gasteiger partial charge in [-0.25, -0.2) is 9.97 Å². The van der Waals surface area contributed by atoms with Crippen LogP contribution in [0.2, 0.25) is 0 Å². The maximum atomic E-state index is 12.8. The van der Waals surface area contributed by atoms with Crippen LogP contribution in [0, 0.1) is 6.92 Å². The zero-order valence-electron chi connectivity index (χ0n) is 17.7. The van der Waals surface area contributed by atoms with Gasteiger partial charge < -0.3 is 4.90 Å². The molecule has 1 aromatic carbocycles. The Morgan fingerprint density at radius 2 is 1.91 bits per heavy atom. The molecule has 0 aliphatic carbocycles. The number of thiazole rings is 2. The third-order valence-electron chi connectivity index (χ3n) is 5.62. The lowest BCUT2D eigenvalue weighted by Crippen LogP contribution is -2.48. The predicted molar refractivity (Wildman–Crippen MR) is 127 cm³/mol. The second kappa shape index (κ2) is 8.93. The molecule has 1 aliphatic heterocycles. The van der Waals surface area contributed by atoms with E-state index in [4.69, 9.17) is 0 Å². The lowest BCUT2D eigenvalue weighted by atomic mass is 10.1. The number of rotatable bonds is 5. The zero-order chi connectivity index (χ0) is 22.1. The number of aryl methyl sites for hydroxylation is 1. The van der Waals surface area contributed by atoms with Crippen LogP contribution in [0.3, 0.4) is 0 Å². The first-order chi connectivity index (χ1) is 15.5. The first-order valence-corrected chi connectivity index (χ1v) is 12.3. The number of hydrogen-bond acceptors (Lipinski definition) is 7. The summed E-state index contributed by atoms with van der Waals surface area (Å²) in [6.45, 7) is 5.57. The highest BCUT2D eigenvalue weighted by atomic mass is 32.1. The van der Waals surface area contributed by atoms with Crippen molar-refractivity contribution in [2.45, 2.75) is 19.9 Å². The average molecular weight is 466 g/mol. The molecule has 1 aliphatic rings. The SMILES string of the molecule is Cc1cccc(-c2nc(CC(=O)N3CCN(Cc4cc(=O)n5ccsc5n4)CC3)cs2)c1. The van der Waals surface area contributed by atoms with Crippen LogP contribution >= 0.6 is 22.7 Å². The second-order valence-electron chi connectivity index (χ2n) is 7.99. The van der Waals surface area contributed by atoms with Crippen molar-refractivity contribution in [2.75, 3.05) is 26.2 Å². The summed E-state index contributed by atoms with van der Waals surface area (Å²) in [7, 11) is 0. The number of nitrogens with zero attached hydrogens (tertiary/aromatic N) is 5. The monoisotopic (exact) mass is 465 g/mol. The summed E-state index contributed by atoms with van der Waals surface area (Å²) in [6.07, 6.45) is 2.07. The minimum absolute atomic E-state index is 0.0478. The smallest absolute Gasteiger partial charge is 0.258 e. The quantitative estimate of drug-likeness (QED) is 0.453. The van der Waals surface area contributed by atoms with Crippen molar-refractivity contribution in [3.05, 3.63) is 74.6 Å². The molecule has 7 nitrogen and oxygen atoms in total. The van der Waals surface area contributed by atoms with Gasteiger partial charge in [0.2, 0.25) is 5.91 Å². The molecule has 4 aromatic rings. The molecular formula is C23H23N5O2S2. The van der Waals surface area contributed by atoms with Gasteiger partial charge in [-0.3, -0.25) is 18.9 Å². The molecule has 0 bridgehead atoms. The van der Waals surface area contributed by atoms with Crippen molar-refractivity contribution in [1.29, 1.82) is 0 Å². The van der Waals surface area contributed by atoms with E-state index in [-0.39, 0.29) is 11.5 Å². The molecule has 9 heteroatoms. The number of fused-ring (bicyclic) bond motifs is 1. The third kappa shape index (κ3) is 4.50. The van der Waals surface area contributed by atoms with E-state index in [0.29, 0.717) is 26.1 Å². The number of carbonyl (C=O) groups is 1. The lowest BCUT2D eigenvalue weighted by molar-refractivity contribution is -0.132. The van der Waals surface area contributed by atoms with E-state index < -0.39 is 0 Å². The molecule has 1 fully saturated rings. The number of benzene rings is 1. The molecule has 0 radical (unpaired) electrons. The summed E-state index contributed by atoms with van der Waals surface area (Å²) in [5.74, 6) is 0.113. The van der Waals surface area contributed by atoms with Gasteiger partial charge in [-0.15, -0.1) is 22.7 Å². The van der Waals surface area contributed by atoms with Crippen LogP contribution in [0.15, 0.2) is 52.1 Å². The van der Waals surface area contributed by atoms with E-state index >= 15 is 0 Å². The Hall–Kier alpha value is -2.88. The fraction of sp³-hybridized carbons (Fsp3) is 0.304. The van der Waals surface area contributed by atoms with E-state index in [2.05, 4.69) is 40.0 Å². The highest BCUT2D eigenvalue weighted by Gasteiger charge is 2.22. The predicted octanol–water partition coefficient (Wildman–Crippen LogP) is 3.07. The number of hydrogen-bond donors (Lipinski definition) is 0. The van der Waals surface area contributed by atoms with Gasteiger partial charge in [0.1, 0.15) is 5.01 Å². The molecule has 4 heterocycles. The summed E-state index contributed by atoms with van der Waals surface area (Å²) >= 11 is 3.04. The molecule has 3 aromatic heterocycles. The van der Waals surface area contributed by atoms with Crippen molar-refractivity contribution < 1.29 is 4.79 Å². The van der Waals surface area contributed by atoms with Crippen LogP contribution in [0.25, 0.3) is 15.5 Å². The van der Waals surface area contributed by atoms with E-state index in [1.54, 1.807) is 28.0 Å². The molecular weight excluding hydrogens is 442 g/mol. The van der Waals surface area contributed by atoms with E-state index in [9.17, 15) is 9.59 Å². The van der Waals surface area contributed by atoms with Gasteiger partial charge in [-0.2, -0.15) is 0 Å². The Labute approximate surface area is 193 Å². The largest absolute Gasteiger partial charge is 0.340 e. The van der Waals surface area contributed by atoms with Gasteiger partial charge in [-0.1, -0.05) is 23.8 Å².